The molecule has 0 unspecified atom stereocenters. The summed E-state index contributed by atoms with van der Waals surface area (Å²) < 4.78 is 9.72. The van der Waals surface area contributed by atoms with Crippen molar-refractivity contribution >= 4 is 34.6 Å². The lowest BCUT2D eigenvalue weighted by Gasteiger charge is -2.20. The van der Waals surface area contributed by atoms with Gasteiger partial charge in [-0.15, -0.1) is 26.6 Å². The van der Waals surface area contributed by atoms with Crippen molar-refractivity contribution in [1.82, 2.24) is 39.7 Å². The molecule has 0 saturated heterocycles. The van der Waals surface area contributed by atoms with E-state index in [9.17, 15) is 20.1 Å². The summed E-state index contributed by atoms with van der Waals surface area (Å²) in [6.07, 6.45) is 0.0766. The van der Waals surface area contributed by atoms with E-state index in [1.165, 1.54) is 15.5 Å². The number of fused-ring (bicyclic) bond motifs is 3. The molecule has 324 valence electrons. The fourth-order valence-corrected chi connectivity index (χ4v) is 9.18. The number of para-hydroxylation sites is 1. The van der Waals surface area contributed by atoms with Crippen molar-refractivity contribution < 1.29 is 24.9 Å². The highest BCUT2D eigenvalue weighted by molar-refractivity contribution is 7.15. The summed E-state index contributed by atoms with van der Waals surface area (Å²) in [7, 11) is 2.02. The Balaban J connectivity index is 0.895. The zero-order chi connectivity index (χ0) is 44.5. The number of aromatic nitrogens is 6. The Morgan fingerprint density at radius 3 is 2.40 bits per heavy atom. The number of ether oxygens (including phenoxy) is 1. The molecule has 4 heterocycles. The Labute approximate surface area is 374 Å². The van der Waals surface area contributed by atoms with Gasteiger partial charge in [-0.2, -0.15) is 0 Å². The van der Waals surface area contributed by atoms with Crippen LogP contribution in [0.2, 0.25) is 5.02 Å². The van der Waals surface area contributed by atoms with Crippen LogP contribution in [0.3, 0.4) is 0 Å². The second-order valence-electron chi connectivity index (χ2n) is 16.0. The minimum Gasteiger partial charge on any atom is -0.508 e. The maximum Gasteiger partial charge on any atom is 0.319 e. The van der Waals surface area contributed by atoms with E-state index >= 15 is 0 Å². The number of nitrogens with zero attached hydrogens (tertiary/aromatic N) is 8. The first-order valence-electron chi connectivity index (χ1n) is 20.6. The number of hydrogen-bond donors (Lipinski definition) is 4. The van der Waals surface area contributed by atoms with E-state index < -0.39 is 6.04 Å². The van der Waals surface area contributed by atoms with E-state index in [0.717, 1.165) is 50.1 Å². The largest absolute Gasteiger partial charge is 0.508 e. The van der Waals surface area contributed by atoms with Gasteiger partial charge in [0.15, 0.2) is 11.6 Å². The minimum atomic E-state index is -0.574. The number of nitrogens with one attached hydrogen (secondary N) is 1. The summed E-state index contributed by atoms with van der Waals surface area (Å²) in [5.74, 6) is 1.95. The first-order valence-corrected chi connectivity index (χ1v) is 21.8. The van der Waals surface area contributed by atoms with E-state index in [4.69, 9.17) is 21.3 Å². The summed E-state index contributed by atoms with van der Waals surface area (Å²) in [6, 6.07) is 25.1. The number of aliphatic imine (C=N–C) groups is 1. The molecule has 1 aliphatic rings. The third kappa shape index (κ3) is 8.90. The zero-order valence-electron chi connectivity index (χ0n) is 35.8. The SMILES string of the molecule is Cc1sc2c(c1C)C(c1ccc(Cl)cc1)=N[C@@H](CC(=O)NCCOc1ccccc1CN(C)Cc1ccc(-n3c(O)nnc3-c3cc(C(C)C)c(O)cc3O)cc1)c1nnc(C)n1-2. The van der Waals surface area contributed by atoms with Crippen molar-refractivity contribution in [3.63, 3.8) is 0 Å². The van der Waals surface area contributed by atoms with Gasteiger partial charge in [0.05, 0.1) is 29.9 Å². The Bertz CT molecular complexity index is 2830. The molecule has 4 aromatic carbocycles. The standard InChI is InChI=1S/C47H48ClN9O5S/c1-26(2)35-21-36(39(59)23-38(35)58)44-52-54-47(61)57(44)34-17-11-30(12-18-34)24-55(6)25-32-9-7-8-10-40(32)62-20-19-49-41(60)22-37-45-53-51-29(5)56(45)46-42(27(3)28(4)63-46)43(50-37)31-13-15-33(48)16-14-31/h7-18,21,23,26,37,58-59H,19-20,22,24-25H2,1-6H3,(H,49,60)(H,54,61)/t37-/m0/s1. The molecule has 8 rings (SSSR count). The van der Waals surface area contributed by atoms with Crippen molar-refractivity contribution in [2.45, 2.75) is 66.1 Å². The van der Waals surface area contributed by atoms with Crippen molar-refractivity contribution in [2.75, 3.05) is 20.2 Å². The molecule has 0 bridgehead atoms. The van der Waals surface area contributed by atoms with Crippen LogP contribution in [0.15, 0.2) is 89.9 Å². The maximum absolute atomic E-state index is 13.5. The lowest BCUT2D eigenvalue weighted by molar-refractivity contribution is -0.121. The van der Waals surface area contributed by atoms with Crippen LogP contribution in [0.25, 0.3) is 22.1 Å². The van der Waals surface area contributed by atoms with Crippen LogP contribution in [0, 0.1) is 20.8 Å². The third-order valence-electron chi connectivity index (χ3n) is 11.1. The average Bonchev–Trinajstić information content (AvgIpc) is 3.89. The Kier molecular flexibility index (Phi) is 12.3. The monoisotopic (exact) mass is 885 g/mol. The van der Waals surface area contributed by atoms with Crippen LogP contribution in [0.4, 0.5) is 0 Å². The molecular weight excluding hydrogens is 838 g/mol. The molecule has 0 aliphatic carbocycles. The highest BCUT2D eigenvalue weighted by Crippen LogP contribution is 2.41. The molecule has 63 heavy (non-hydrogen) atoms. The van der Waals surface area contributed by atoms with Gasteiger partial charge in [-0.25, -0.2) is 4.57 Å². The average molecular weight is 886 g/mol. The van der Waals surface area contributed by atoms with Gasteiger partial charge in [-0.3, -0.25) is 19.3 Å². The van der Waals surface area contributed by atoms with Crippen LogP contribution in [-0.2, 0) is 17.9 Å². The highest BCUT2D eigenvalue weighted by Gasteiger charge is 2.32. The molecule has 1 aliphatic heterocycles. The summed E-state index contributed by atoms with van der Waals surface area (Å²) in [4.78, 5) is 22.1. The van der Waals surface area contributed by atoms with Crippen LogP contribution in [0.5, 0.6) is 23.3 Å². The molecule has 1 amide bonds. The van der Waals surface area contributed by atoms with Gasteiger partial charge >= 0.3 is 6.01 Å². The van der Waals surface area contributed by atoms with E-state index in [0.29, 0.717) is 47.3 Å². The van der Waals surface area contributed by atoms with Crippen LogP contribution in [0.1, 0.15) is 82.1 Å². The van der Waals surface area contributed by atoms with E-state index in [1.807, 2.05) is 105 Å². The topological polar surface area (TPSA) is 176 Å². The van der Waals surface area contributed by atoms with Crippen LogP contribution in [-0.4, -0.2) is 81.6 Å². The number of hydrogen-bond acceptors (Lipinski definition) is 12. The number of phenolic OH excluding ortho intramolecular Hbond substituents is 2. The normalized spacial score (nSPS) is 13.5. The van der Waals surface area contributed by atoms with Crippen LogP contribution < -0.4 is 10.1 Å². The molecule has 3 aromatic heterocycles. The molecule has 0 radical (unpaired) electrons. The molecule has 0 spiro atoms. The number of thiophene rings is 1. The van der Waals surface area contributed by atoms with Crippen molar-refractivity contribution in [3.05, 3.63) is 140 Å². The van der Waals surface area contributed by atoms with Crippen LogP contribution >= 0.6 is 22.9 Å². The molecule has 4 N–H and O–H groups in total. The fraction of sp³-hybridized carbons (Fsp3) is 0.277. The smallest absolute Gasteiger partial charge is 0.319 e. The van der Waals surface area contributed by atoms with Gasteiger partial charge in [-0.05, 0) is 86.8 Å². The van der Waals surface area contributed by atoms with E-state index in [2.05, 4.69) is 44.5 Å². The quantitative estimate of drug-likeness (QED) is 0.0775. The number of carbonyl (C=O) groups is 1. The second kappa shape index (κ2) is 18.0. The third-order valence-corrected chi connectivity index (χ3v) is 12.6. The number of rotatable bonds is 14. The van der Waals surface area contributed by atoms with Gasteiger partial charge in [0, 0.05) is 45.7 Å². The molecule has 16 heteroatoms. The fourth-order valence-electron chi connectivity index (χ4n) is 7.84. The number of benzene rings is 4. The number of carbonyl (C=O) groups excluding carboxylic acids is 1. The number of aromatic hydroxyl groups is 3. The van der Waals surface area contributed by atoms with Gasteiger partial charge in [-0.1, -0.05) is 73.0 Å². The lowest BCUT2D eigenvalue weighted by atomic mass is 9.98. The summed E-state index contributed by atoms with van der Waals surface area (Å²) in [5.41, 5.74) is 7.45. The summed E-state index contributed by atoms with van der Waals surface area (Å²) in [5, 5.41) is 53.3. The second-order valence-corrected chi connectivity index (χ2v) is 17.6. The van der Waals surface area contributed by atoms with Crippen molar-refractivity contribution in [1.29, 1.82) is 0 Å². The van der Waals surface area contributed by atoms with E-state index in [1.54, 1.807) is 17.4 Å². The van der Waals surface area contributed by atoms with Gasteiger partial charge in [0.2, 0.25) is 5.91 Å². The molecule has 1 atom stereocenters. The number of halogens is 1. The maximum atomic E-state index is 13.5. The summed E-state index contributed by atoms with van der Waals surface area (Å²) >= 11 is 7.93. The van der Waals surface area contributed by atoms with E-state index in [-0.39, 0.29) is 48.2 Å². The molecular formula is C47H48ClN9O5S. The Hall–Kier alpha value is -6.55. The van der Waals surface area contributed by atoms with Crippen molar-refractivity contribution in [2.24, 2.45) is 4.99 Å². The zero-order valence-corrected chi connectivity index (χ0v) is 37.4. The molecule has 0 saturated carbocycles. The first kappa shape index (κ1) is 43.1. The predicted octanol–water partition coefficient (Wildman–Crippen LogP) is 8.50. The highest BCUT2D eigenvalue weighted by atomic mass is 35.5. The summed E-state index contributed by atoms with van der Waals surface area (Å²) in [6.45, 7) is 11.8. The van der Waals surface area contributed by atoms with Gasteiger partial charge in [0.1, 0.15) is 40.7 Å². The number of aryl methyl sites for hydroxylation is 2. The predicted molar refractivity (Wildman–Crippen MR) is 244 cm³/mol. The number of amides is 1. The van der Waals surface area contributed by atoms with Gasteiger partial charge < -0.3 is 25.4 Å². The molecule has 7 aromatic rings. The number of phenols is 2. The molecule has 0 fully saturated rings. The lowest BCUT2D eigenvalue weighted by Crippen LogP contribution is -2.29. The minimum absolute atomic E-state index is 0.00751. The molecule has 14 nitrogen and oxygen atoms in total. The van der Waals surface area contributed by atoms with Crippen molar-refractivity contribution in [3.8, 4) is 45.3 Å². The van der Waals surface area contributed by atoms with Gasteiger partial charge in [0.25, 0.3) is 0 Å². The Morgan fingerprint density at radius 2 is 1.65 bits per heavy atom. The Morgan fingerprint density at radius 1 is 0.905 bits per heavy atom. The first-order chi connectivity index (χ1) is 30.3.